The van der Waals surface area contributed by atoms with Crippen molar-refractivity contribution in [1.29, 1.82) is 0 Å². The number of nitrogens with zero attached hydrogens (tertiary/aromatic N) is 3. The van der Waals surface area contributed by atoms with Gasteiger partial charge in [-0.1, -0.05) is 6.07 Å². The number of piperidine rings is 1. The normalized spacial score (nSPS) is 21.4. The highest BCUT2D eigenvalue weighted by molar-refractivity contribution is 5.11. The Morgan fingerprint density at radius 3 is 2.94 bits per heavy atom. The van der Waals surface area contributed by atoms with Crippen molar-refractivity contribution in [3.05, 3.63) is 29.6 Å². The smallest absolute Gasteiger partial charge is 0.0547 e. The first-order chi connectivity index (χ1) is 8.69. The lowest BCUT2D eigenvalue weighted by Crippen LogP contribution is -2.44. The second kappa shape index (κ2) is 6.27. The van der Waals surface area contributed by atoms with Crippen LogP contribution < -0.4 is 5.73 Å². The fraction of sp³-hybridized carbons (Fsp3) is 0.643. The standard InChI is InChI=1S/C14H24N4/c1-17-8-4-7-14(11-17)18(2)10-13-6-3-5-12(9-15)16-13/h3,5-6,14H,4,7-11,15H2,1-2H3. The Labute approximate surface area is 110 Å². The zero-order chi connectivity index (χ0) is 13.0. The number of hydrogen-bond acceptors (Lipinski definition) is 4. The van der Waals surface area contributed by atoms with Gasteiger partial charge in [-0.25, -0.2) is 0 Å². The Hall–Kier alpha value is -0.970. The van der Waals surface area contributed by atoms with E-state index in [1.165, 1.54) is 19.4 Å². The highest BCUT2D eigenvalue weighted by Gasteiger charge is 2.21. The molecule has 0 amide bonds. The summed E-state index contributed by atoms with van der Waals surface area (Å²) in [5, 5.41) is 0. The number of likely N-dealkylation sites (N-methyl/N-ethyl adjacent to an activating group) is 2. The van der Waals surface area contributed by atoms with Gasteiger partial charge in [-0.3, -0.25) is 9.88 Å². The van der Waals surface area contributed by atoms with Crippen LogP contribution in [-0.4, -0.2) is 48.0 Å². The third-order valence-corrected chi connectivity index (χ3v) is 3.71. The van der Waals surface area contributed by atoms with Crippen molar-refractivity contribution in [1.82, 2.24) is 14.8 Å². The molecule has 1 aromatic rings. The van der Waals surface area contributed by atoms with Crippen LogP contribution in [0.3, 0.4) is 0 Å². The van der Waals surface area contributed by atoms with E-state index >= 15 is 0 Å². The van der Waals surface area contributed by atoms with Crippen molar-refractivity contribution in [3.63, 3.8) is 0 Å². The van der Waals surface area contributed by atoms with Crippen molar-refractivity contribution in [2.24, 2.45) is 5.73 Å². The van der Waals surface area contributed by atoms with Gasteiger partial charge in [0.15, 0.2) is 0 Å². The predicted octanol–water partition coefficient (Wildman–Crippen LogP) is 1.07. The van der Waals surface area contributed by atoms with Crippen LogP contribution in [0.1, 0.15) is 24.2 Å². The van der Waals surface area contributed by atoms with Crippen LogP contribution in [-0.2, 0) is 13.1 Å². The molecular weight excluding hydrogens is 224 g/mol. The molecule has 100 valence electrons. The highest BCUT2D eigenvalue weighted by atomic mass is 15.2. The number of nitrogens with two attached hydrogens (primary N) is 1. The van der Waals surface area contributed by atoms with Gasteiger partial charge >= 0.3 is 0 Å². The van der Waals surface area contributed by atoms with Gasteiger partial charge < -0.3 is 10.6 Å². The van der Waals surface area contributed by atoms with E-state index in [4.69, 9.17) is 5.73 Å². The lowest BCUT2D eigenvalue weighted by Gasteiger charge is -2.35. The molecule has 2 heterocycles. The molecule has 18 heavy (non-hydrogen) atoms. The van der Waals surface area contributed by atoms with Crippen molar-refractivity contribution in [3.8, 4) is 0 Å². The first-order valence-corrected chi connectivity index (χ1v) is 6.72. The minimum Gasteiger partial charge on any atom is -0.325 e. The van der Waals surface area contributed by atoms with Crippen LogP contribution >= 0.6 is 0 Å². The second-order valence-electron chi connectivity index (χ2n) is 5.30. The number of hydrogen-bond donors (Lipinski definition) is 1. The van der Waals surface area contributed by atoms with Crippen molar-refractivity contribution in [2.75, 3.05) is 27.2 Å². The first kappa shape index (κ1) is 13.5. The third-order valence-electron chi connectivity index (χ3n) is 3.71. The quantitative estimate of drug-likeness (QED) is 0.865. The summed E-state index contributed by atoms with van der Waals surface area (Å²) in [6.07, 6.45) is 2.58. The van der Waals surface area contributed by atoms with Crippen LogP contribution in [0, 0.1) is 0 Å². The molecule has 1 aliphatic heterocycles. The molecule has 2 rings (SSSR count). The average Bonchev–Trinajstić information content (AvgIpc) is 2.39. The molecular formula is C14H24N4. The molecule has 0 spiro atoms. The molecule has 1 unspecified atom stereocenters. The van der Waals surface area contributed by atoms with Crippen LogP contribution in [0.5, 0.6) is 0 Å². The molecule has 4 heteroatoms. The summed E-state index contributed by atoms with van der Waals surface area (Å²) in [5.74, 6) is 0. The van der Waals surface area contributed by atoms with Gasteiger partial charge in [0.05, 0.1) is 11.4 Å². The Kier molecular flexibility index (Phi) is 4.69. The van der Waals surface area contributed by atoms with E-state index in [1.807, 2.05) is 12.1 Å². The first-order valence-electron chi connectivity index (χ1n) is 6.72. The molecule has 0 saturated carbocycles. The third kappa shape index (κ3) is 3.51. The van der Waals surface area contributed by atoms with E-state index < -0.39 is 0 Å². The predicted molar refractivity (Wildman–Crippen MR) is 74.1 cm³/mol. The summed E-state index contributed by atoms with van der Waals surface area (Å²) in [6, 6.07) is 6.76. The summed E-state index contributed by atoms with van der Waals surface area (Å²) in [7, 11) is 4.40. The number of pyridine rings is 1. The number of aromatic nitrogens is 1. The summed E-state index contributed by atoms with van der Waals surface area (Å²) in [6.45, 7) is 3.81. The fourth-order valence-corrected chi connectivity index (χ4v) is 2.61. The zero-order valence-electron chi connectivity index (χ0n) is 11.5. The van der Waals surface area contributed by atoms with Crippen LogP contribution in [0.25, 0.3) is 0 Å². The Balaban J connectivity index is 1.95. The van der Waals surface area contributed by atoms with Crippen molar-refractivity contribution < 1.29 is 0 Å². The van der Waals surface area contributed by atoms with Crippen LogP contribution in [0.2, 0.25) is 0 Å². The average molecular weight is 248 g/mol. The van der Waals surface area contributed by atoms with Gasteiger partial charge in [0, 0.05) is 25.7 Å². The number of likely N-dealkylation sites (tertiary alicyclic amines) is 1. The summed E-state index contributed by atoms with van der Waals surface area (Å²) in [5.41, 5.74) is 7.72. The van der Waals surface area contributed by atoms with E-state index in [-0.39, 0.29) is 0 Å². The number of rotatable bonds is 4. The van der Waals surface area contributed by atoms with Crippen molar-refractivity contribution in [2.45, 2.75) is 32.0 Å². The molecule has 1 aliphatic rings. The summed E-state index contributed by atoms with van der Waals surface area (Å²) >= 11 is 0. The Bertz CT molecular complexity index is 380. The largest absolute Gasteiger partial charge is 0.325 e. The summed E-state index contributed by atoms with van der Waals surface area (Å²) < 4.78 is 0. The lowest BCUT2D eigenvalue weighted by atomic mass is 10.0. The van der Waals surface area contributed by atoms with E-state index in [0.717, 1.165) is 24.5 Å². The van der Waals surface area contributed by atoms with E-state index in [2.05, 4.69) is 34.9 Å². The van der Waals surface area contributed by atoms with Gasteiger partial charge in [-0.05, 0) is 45.6 Å². The molecule has 4 nitrogen and oxygen atoms in total. The maximum atomic E-state index is 5.63. The van der Waals surface area contributed by atoms with E-state index in [9.17, 15) is 0 Å². The molecule has 1 saturated heterocycles. The van der Waals surface area contributed by atoms with Gasteiger partial charge in [0.2, 0.25) is 0 Å². The molecule has 0 aliphatic carbocycles. The van der Waals surface area contributed by atoms with Gasteiger partial charge in [-0.2, -0.15) is 0 Å². The molecule has 2 N–H and O–H groups in total. The Morgan fingerprint density at radius 1 is 1.44 bits per heavy atom. The van der Waals surface area contributed by atoms with Crippen LogP contribution in [0.15, 0.2) is 18.2 Å². The van der Waals surface area contributed by atoms with Gasteiger partial charge in [0.25, 0.3) is 0 Å². The van der Waals surface area contributed by atoms with Crippen LogP contribution in [0.4, 0.5) is 0 Å². The molecule has 1 atom stereocenters. The van der Waals surface area contributed by atoms with Gasteiger partial charge in [-0.15, -0.1) is 0 Å². The lowest BCUT2D eigenvalue weighted by molar-refractivity contribution is 0.128. The van der Waals surface area contributed by atoms with E-state index in [1.54, 1.807) is 0 Å². The summed E-state index contributed by atoms with van der Waals surface area (Å²) in [4.78, 5) is 9.39. The maximum absolute atomic E-state index is 5.63. The minimum absolute atomic E-state index is 0.518. The topological polar surface area (TPSA) is 45.4 Å². The molecule has 0 bridgehead atoms. The molecule has 0 aromatic carbocycles. The maximum Gasteiger partial charge on any atom is 0.0547 e. The Morgan fingerprint density at radius 2 is 2.22 bits per heavy atom. The molecule has 1 fully saturated rings. The van der Waals surface area contributed by atoms with E-state index in [0.29, 0.717) is 12.6 Å². The monoisotopic (exact) mass is 248 g/mol. The minimum atomic E-state index is 0.518. The molecule has 1 aromatic heterocycles. The molecule has 0 radical (unpaired) electrons. The second-order valence-corrected chi connectivity index (χ2v) is 5.30. The SMILES string of the molecule is CN1CCCC(N(C)Cc2cccc(CN)n2)C1. The highest BCUT2D eigenvalue weighted by Crippen LogP contribution is 2.15. The van der Waals surface area contributed by atoms with Gasteiger partial charge in [0.1, 0.15) is 0 Å². The van der Waals surface area contributed by atoms with Crippen molar-refractivity contribution >= 4 is 0 Å². The fourth-order valence-electron chi connectivity index (χ4n) is 2.61. The zero-order valence-corrected chi connectivity index (χ0v) is 11.5.